The van der Waals surface area contributed by atoms with Crippen LogP contribution in [0.5, 0.6) is 0 Å². The van der Waals surface area contributed by atoms with Crippen molar-refractivity contribution in [2.75, 3.05) is 10.6 Å². The van der Waals surface area contributed by atoms with Crippen molar-refractivity contribution < 1.29 is 27.2 Å². The first-order valence-corrected chi connectivity index (χ1v) is 10.4. The number of anilines is 2. The van der Waals surface area contributed by atoms with Crippen molar-refractivity contribution in [3.8, 4) is 0 Å². The lowest BCUT2D eigenvalue weighted by molar-refractivity contribution is -0.136. The predicted molar refractivity (Wildman–Crippen MR) is 117 cm³/mol. The van der Waals surface area contributed by atoms with E-state index in [-0.39, 0.29) is 16.1 Å². The molecule has 0 atom stereocenters. The summed E-state index contributed by atoms with van der Waals surface area (Å²) in [5.41, 5.74) is -0.901. The molecule has 170 valence electrons. The summed E-state index contributed by atoms with van der Waals surface area (Å²) in [6.45, 7) is 1.78. The van der Waals surface area contributed by atoms with E-state index >= 15 is 0 Å². The molecule has 0 fully saturated rings. The molecule has 33 heavy (non-hydrogen) atoms. The van der Waals surface area contributed by atoms with Crippen LogP contribution in [0.3, 0.4) is 0 Å². The molecule has 0 aliphatic rings. The van der Waals surface area contributed by atoms with Crippen LogP contribution in [0.2, 0.25) is 0 Å². The molecule has 2 amide bonds. The Morgan fingerprint density at radius 1 is 1.00 bits per heavy atom. The van der Waals surface area contributed by atoms with E-state index in [1.807, 2.05) is 0 Å². The molecule has 0 unspecified atom stereocenters. The van der Waals surface area contributed by atoms with Gasteiger partial charge in [-0.3, -0.25) is 14.3 Å². The fraction of sp³-hybridized carbons (Fsp3) is 0.136. The van der Waals surface area contributed by atoms with E-state index < -0.39 is 35.1 Å². The van der Waals surface area contributed by atoms with E-state index in [2.05, 4.69) is 15.7 Å². The van der Waals surface area contributed by atoms with Gasteiger partial charge in [0.1, 0.15) is 10.6 Å². The van der Waals surface area contributed by atoms with Gasteiger partial charge in [-0.25, -0.2) is 4.39 Å². The number of aromatic nitrogens is 2. The van der Waals surface area contributed by atoms with Gasteiger partial charge in [-0.2, -0.15) is 18.3 Å². The van der Waals surface area contributed by atoms with Crippen LogP contribution in [0.25, 0.3) is 10.2 Å². The number of halogens is 4. The average Bonchev–Trinajstić information content (AvgIpc) is 3.30. The zero-order valence-electron chi connectivity index (χ0n) is 17.2. The topological polar surface area (TPSA) is 76.0 Å². The van der Waals surface area contributed by atoms with Gasteiger partial charge < -0.3 is 10.6 Å². The molecule has 0 radical (unpaired) electrons. The summed E-state index contributed by atoms with van der Waals surface area (Å²) in [7, 11) is 1.72. The highest BCUT2D eigenvalue weighted by molar-refractivity contribution is 7.20. The van der Waals surface area contributed by atoms with Gasteiger partial charge in [-0.05, 0) is 55.5 Å². The molecule has 6 nitrogen and oxygen atoms in total. The van der Waals surface area contributed by atoms with Crippen molar-refractivity contribution in [1.82, 2.24) is 9.78 Å². The minimum atomic E-state index is -4.79. The Bertz CT molecular complexity index is 1340. The van der Waals surface area contributed by atoms with Gasteiger partial charge in [0.25, 0.3) is 11.8 Å². The zero-order valence-corrected chi connectivity index (χ0v) is 18.1. The van der Waals surface area contributed by atoms with Crippen LogP contribution in [0, 0.1) is 12.7 Å². The number of carbonyl (C=O) groups excluding carboxylic acids is 2. The summed E-state index contributed by atoms with van der Waals surface area (Å²) in [4.78, 5) is 25.9. The maximum atomic E-state index is 13.7. The summed E-state index contributed by atoms with van der Waals surface area (Å²) < 4.78 is 55.7. The number of hydrogen-bond donors (Lipinski definition) is 2. The van der Waals surface area contributed by atoms with E-state index in [0.29, 0.717) is 5.69 Å². The number of fused-ring (bicyclic) bond motifs is 1. The second-order valence-electron chi connectivity index (χ2n) is 7.21. The standard InChI is InChI=1S/C22H16F4N4O2S/c1-11-15-10-18(33-21(15)30(2)29-11)20(32)28-17-8-7-14(9-16(17)22(24,25)26)27-19(31)12-3-5-13(23)6-4-12/h3-10H,1-2H3,(H,27,31)(H,28,32). The van der Waals surface area contributed by atoms with Crippen molar-refractivity contribution in [2.24, 2.45) is 7.05 Å². The highest BCUT2D eigenvalue weighted by atomic mass is 32.1. The monoisotopic (exact) mass is 476 g/mol. The fourth-order valence-corrected chi connectivity index (χ4v) is 4.29. The van der Waals surface area contributed by atoms with E-state index in [1.165, 1.54) is 18.2 Å². The summed E-state index contributed by atoms with van der Waals surface area (Å²) >= 11 is 1.12. The predicted octanol–water partition coefficient (Wildman–Crippen LogP) is 5.61. The van der Waals surface area contributed by atoms with E-state index in [1.54, 1.807) is 24.7 Å². The smallest absolute Gasteiger partial charge is 0.322 e. The van der Waals surface area contributed by atoms with Crippen molar-refractivity contribution in [2.45, 2.75) is 13.1 Å². The quantitative estimate of drug-likeness (QED) is 0.376. The molecule has 4 aromatic rings. The number of amides is 2. The van der Waals surface area contributed by atoms with Crippen LogP contribution in [0.15, 0.2) is 48.5 Å². The molecule has 2 N–H and O–H groups in total. The Labute approximate surface area is 188 Å². The lowest BCUT2D eigenvalue weighted by atomic mass is 10.1. The SMILES string of the molecule is Cc1nn(C)c2sc(C(=O)Nc3ccc(NC(=O)c4ccc(F)cc4)cc3C(F)(F)F)cc12. The lowest BCUT2D eigenvalue weighted by Crippen LogP contribution is -2.17. The van der Waals surface area contributed by atoms with Crippen molar-refractivity contribution in [3.63, 3.8) is 0 Å². The molecule has 0 bridgehead atoms. The molecular weight excluding hydrogens is 460 g/mol. The Kier molecular flexibility index (Phi) is 5.66. The van der Waals surface area contributed by atoms with E-state index in [4.69, 9.17) is 0 Å². The third kappa shape index (κ3) is 4.58. The number of benzene rings is 2. The van der Waals surface area contributed by atoms with Crippen LogP contribution in [-0.4, -0.2) is 21.6 Å². The Morgan fingerprint density at radius 2 is 1.70 bits per heavy atom. The average molecular weight is 476 g/mol. The first-order chi connectivity index (χ1) is 15.5. The number of nitrogens with one attached hydrogen (secondary N) is 2. The Balaban J connectivity index is 1.59. The summed E-state index contributed by atoms with van der Waals surface area (Å²) in [5.74, 6) is -1.94. The minimum absolute atomic E-state index is 0.0804. The molecule has 2 aromatic carbocycles. The molecule has 0 saturated heterocycles. The van der Waals surface area contributed by atoms with Crippen LogP contribution in [-0.2, 0) is 13.2 Å². The summed E-state index contributed by atoms with van der Waals surface area (Å²) in [6.07, 6.45) is -4.79. The van der Waals surface area contributed by atoms with Crippen LogP contribution in [0.4, 0.5) is 28.9 Å². The third-order valence-corrected chi connectivity index (χ3v) is 6.06. The maximum Gasteiger partial charge on any atom is 0.418 e. The van der Waals surface area contributed by atoms with Gasteiger partial charge in [-0.1, -0.05) is 0 Å². The molecule has 0 saturated carbocycles. The van der Waals surface area contributed by atoms with Gasteiger partial charge >= 0.3 is 6.18 Å². The highest BCUT2D eigenvalue weighted by Crippen LogP contribution is 2.37. The van der Waals surface area contributed by atoms with Gasteiger partial charge in [0.05, 0.1) is 21.8 Å². The minimum Gasteiger partial charge on any atom is -0.322 e. The zero-order chi connectivity index (χ0) is 23.9. The fourth-order valence-electron chi connectivity index (χ4n) is 3.27. The maximum absolute atomic E-state index is 13.7. The number of alkyl halides is 3. The number of carbonyl (C=O) groups is 2. The lowest BCUT2D eigenvalue weighted by Gasteiger charge is -2.15. The number of hydrogen-bond acceptors (Lipinski definition) is 4. The third-order valence-electron chi connectivity index (χ3n) is 4.86. The molecule has 0 aliphatic carbocycles. The Morgan fingerprint density at radius 3 is 2.33 bits per heavy atom. The van der Waals surface area contributed by atoms with Crippen LogP contribution >= 0.6 is 11.3 Å². The number of nitrogens with zero attached hydrogens (tertiary/aromatic N) is 2. The number of rotatable bonds is 4. The molecule has 2 aromatic heterocycles. The molecule has 0 aliphatic heterocycles. The van der Waals surface area contributed by atoms with Crippen LogP contribution in [0.1, 0.15) is 31.3 Å². The van der Waals surface area contributed by atoms with Crippen molar-refractivity contribution in [1.29, 1.82) is 0 Å². The molecular formula is C22H16F4N4O2S. The second kappa shape index (κ2) is 8.32. The molecule has 2 heterocycles. The van der Waals surface area contributed by atoms with Crippen molar-refractivity contribution in [3.05, 3.63) is 76.0 Å². The highest BCUT2D eigenvalue weighted by Gasteiger charge is 2.34. The van der Waals surface area contributed by atoms with Gasteiger partial charge in [-0.15, -0.1) is 11.3 Å². The van der Waals surface area contributed by atoms with Gasteiger partial charge in [0.15, 0.2) is 0 Å². The molecule has 0 spiro atoms. The summed E-state index contributed by atoms with van der Waals surface area (Å²) in [6, 6.07) is 9.20. The normalized spacial score (nSPS) is 11.6. The van der Waals surface area contributed by atoms with Crippen molar-refractivity contribution >= 4 is 44.7 Å². The van der Waals surface area contributed by atoms with Gasteiger partial charge in [0, 0.05) is 23.7 Å². The van der Waals surface area contributed by atoms with Gasteiger partial charge in [0.2, 0.25) is 0 Å². The first kappa shape index (κ1) is 22.5. The summed E-state index contributed by atoms with van der Waals surface area (Å²) in [5, 5.41) is 9.64. The number of thiophene rings is 1. The Hall–Kier alpha value is -3.73. The molecule has 11 heteroatoms. The van der Waals surface area contributed by atoms with E-state index in [9.17, 15) is 27.2 Å². The van der Waals surface area contributed by atoms with Crippen LogP contribution < -0.4 is 10.6 Å². The molecule has 4 rings (SSSR count). The number of aryl methyl sites for hydroxylation is 2. The first-order valence-electron chi connectivity index (χ1n) is 9.55. The van der Waals surface area contributed by atoms with E-state index in [0.717, 1.165) is 45.8 Å². The second-order valence-corrected chi connectivity index (χ2v) is 8.24. The largest absolute Gasteiger partial charge is 0.418 e.